The Morgan fingerprint density at radius 3 is 1.21 bits per heavy atom. The number of esters is 2. The van der Waals surface area contributed by atoms with Gasteiger partial charge >= 0.3 is 18.1 Å². The standard InChI is InChI=1S/C29H44O7Si2.C28H44O6Si2.3CH4/c1-7-8-21-37(3,4)36-38(5,6)22-9-18-32-19-20-33-29(31)35-28-16-12-26(13-17-28)23-25-10-14-27(15-11-25)34-24(2)30;1-7-8-21-35(3,4)34-36(5,6)22-9-18-31-19-20-32-23-28(29)33-27-16-12-25(13-17-27)24-10-14-26(30-2)15-11-24;;;/h10-17H,7-9,18-23H2,1-6H3;10-17H,7-9,18-23H2,1-6H3;3*1H4. The molecule has 0 aromatic heterocycles. The quantitative estimate of drug-likeness (QED) is 0.0147. The number of ether oxygens (including phenoxy) is 8. The molecule has 0 aliphatic carbocycles. The van der Waals surface area contributed by atoms with Crippen molar-refractivity contribution in [3.63, 3.8) is 0 Å². The average Bonchev–Trinajstić information content (AvgIpc) is 3.34. The van der Waals surface area contributed by atoms with E-state index in [-0.39, 0.29) is 41.5 Å². The number of benzene rings is 4. The molecule has 0 bridgehead atoms. The average molecular weight is 1140 g/mol. The summed E-state index contributed by atoms with van der Waals surface area (Å²) in [5.41, 5.74) is 4.23. The van der Waals surface area contributed by atoms with Gasteiger partial charge in [0.2, 0.25) is 0 Å². The summed E-state index contributed by atoms with van der Waals surface area (Å²) < 4.78 is 56.0. The molecule has 4 aromatic rings. The second kappa shape index (κ2) is 38.2. The molecule has 0 atom stereocenters. The molecule has 4 aromatic carbocycles. The third kappa shape index (κ3) is 32.9. The Labute approximate surface area is 469 Å². The van der Waals surface area contributed by atoms with Crippen molar-refractivity contribution in [1.29, 1.82) is 0 Å². The maximum atomic E-state index is 12.1. The minimum absolute atomic E-state index is 0. The van der Waals surface area contributed by atoms with E-state index in [4.69, 9.17) is 46.1 Å². The molecule has 0 spiro atoms. The molecule has 0 fully saturated rings. The number of carbonyl (C=O) groups excluding carboxylic acids is 3. The van der Waals surface area contributed by atoms with Crippen LogP contribution in [0, 0.1) is 0 Å². The Balaban J connectivity index is 0.00000145. The van der Waals surface area contributed by atoms with Crippen LogP contribution in [0.15, 0.2) is 97.1 Å². The van der Waals surface area contributed by atoms with Crippen LogP contribution in [0.1, 0.15) is 92.7 Å². The van der Waals surface area contributed by atoms with Gasteiger partial charge in [-0.1, -0.05) is 110 Å². The van der Waals surface area contributed by atoms with Crippen LogP contribution in [0.3, 0.4) is 0 Å². The van der Waals surface area contributed by atoms with E-state index < -0.39 is 45.4 Å². The van der Waals surface area contributed by atoms with Crippen LogP contribution in [-0.4, -0.2) is 105 Å². The molecule has 0 saturated carbocycles. The zero-order valence-electron chi connectivity index (χ0n) is 46.8. The molecular weight excluding hydrogens is 1040 g/mol. The topological polar surface area (TPSA) is 144 Å². The van der Waals surface area contributed by atoms with E-state index in [0.717, 1.165) is 52.9 Å². The van der Waals surface area contributed by atoms with Crippen molar-refractivity contribution in [2.45, 2.75) is 165 Å². The minimum atomic E-state index is -1.69. The fourth-order valence-electron chi connectivity index (χ4n) is 8.30. The highest BCUT2D eigenvalue weighted by molar-refractivity contribution is 6.85. The van der Waals surface area contributed by atoms with Crippen LogP contribution in [0.25, 0.3) is 11.1 Å². The lowest BCUT2D eigenvalue weighted by atomic mass is 10.0. The summed E-state index contributed by atoms with van der Waals surface area (Å²) in [7, 11) is -4.84. The van der Waals surface area contributed by atoms with Crippen LogP contribution in [0.2, 0.25) is 76.6 Å². The van der Waals surface area contributed by atoms with Gasteiger partial charge < -0.3 is 46.1 Å². The Morgan fingerprint density at radius 2 is 0.792 bits per heavy atom. The van der Waals surface area contributed by atoms with Crippen LogP contribution in [0.5, 0.6) is 23.0 Å². The molecule has 0 aliphatic heterocycles. The van der Waals surface area contributed by atoms with E-state index in [9.17, 15) is 14.4 Å². The summed E-state index contributed by atoms with van der Waals surface area (Å²) in [6, 6.07) is 34.5. The molecule has 77 heavy (non-hydrogen) atoms. The summed E-state index contributed by atoms with van der Waals surface area (Å²) >= 11 is 0. The van der Waals surface area contributed by atoms with Crippen molar-refractivity contribution < 1.29 is 60.5 Å². The lowest BCUT2D eigenvalue weighted by Crippen LogP contribution is -2.44. The molecule has 17 heteroatoms. The molecule has 13 nitrogen and oxygen atoms in total. The van der Waals surface area contributed by atoms with Crippen LogP contribution in [-0.2, 0) is 43.2 Å². The summed E-state index contributed by atoms with van der Waals surface area (Å²) in [5.74, 6) is 1.48. The van der Waals surface area contributed by atoms with Gasteiger partial charge in [0.25, 0.3) is 0 Å². The Hall–Kier alpha value is -4.44. The van der Waals surface area contributed by atoms with Crippen LogP contribution < -0.4 is 18.9 Å². The molecular formula is C60H100O13Si4. The third-order valence-electron chi connectivity index (χ3n) is 11.8. The van der Waals surface area contributed by atoms with Crippen molar-refractivity contribution in [3.05, 3.63) is 108 Å². The van der Waals surface area contributed by atoms with E-state index in [1.165, 1.54) is 44.7 Å². The van der Waals surface area contributed by atoms with E-state index in [1.807, 2.05) is 60.7 Å². The molecule has 434 valence electrons. The number of hydrogen-bond acceptors (Lipinski definition) is 13. The molecule has 0 saturated heterocycles. The monoisotopic (exact) mass is 1140 g/mol. The SMILES string of the molecule is C.C.C.CCCC[Si](C)(C)O[Si](C)(C)CCCOCCOC(=O)Oc1ccc(Cc2ccc(OC(C)=O)cc2)cc1.CCCC[Si](C)(C)O[Si](C)(C)CCCOCCOCC(=O)Oc1ccc(-c2ccc(OC)cc2)cc1. The molecule has 4 rings (SSSR count). The number of unbranched alkanes of at least 4 members (excludes halogenated alkanes) is 2. The Morgan fingerprint density at radius 1 is 0.429 bits per heavy atom. The highest BCUT2D eigenvalue weighted by Crippen LogP contribution is 2.27. The highest BCUT2D eigenvalue weighted by atomic mass is 28.4. The molecule has 0 aliphatic rings. The first-order chi connectivity index (χ1) is 35.1. The Bertz CT molecular complexity index is 2200. The number of hydrogen-bond donors (Lipinski definition) is 0. The maximum absolute atomic E-state index is 12.1. The summed E-state index contributed by atoms with van der Waals surface area (Å²) in [4.78, 5) is 35.1. The molecule has 0 radical (unpaired) electrons. The number of rotatable bonds is 33. The first kappa shape index (κ1) is 72.6. The largest absolute Gasteiger partial charge is 0.513 e. The fraction of sp³-hybridized carbons (Fsp3) is 0.550. The molecule has 0 heterocycles. The summed E-state index contributed by atoms with van der Waals surface area (Å²) in [6.45, 7) is 26.9. The Kier molecular flexibility index (Phi) is 36.0. The smallest absolute Gasteiger partial charge is 0.497 e. The van der Waals surface area contributed by atoms with Gasteiger partial charge in [0.15, 0.2) is 33.3 Å². The fourth-order valence-corrected chi connectivity index (χ4v) is 26.3. The van der Waals surface area contributed by atoms with Gasteiger partial charge in [0.05, 0.1) is 26.9 Å². The lowest BCUT2D eigenvalue weighted by Gasteiger charge is -2.34. The van der Waals surface area contributed by atoms with Gasteiger partial charge in [-0.15, -0.1) is 0 Å². The van der Waals surface area contributed by atoms with Gasteiger partial charge in [-0.25, -0.2) is 9.59 Å². The number of carbonyl (C=O) groups is 3. The van der Waals surface area contributed by atoms with E-state index >= 15 is 0 Å². The highest BCUT2D eigenvalue weighted by Gasteiger charge is 2.33. The zero-order chi connectivity index (χ0) is 54.5. The van der Waals surface area contributed by atoms with Gasteiger partial charge in [0.1, 0.15) is 36.2 Å². The minimum Gasteiger partial charge on any atom is -0.497 e. The van der Waals surface area contributed by atoms with Crippen molar-refractivity contribution >= 4 is 51.4 Å². The lowest BCUT2D eigenvalue weighted by molar-refractivity contribution is -0.140. The van der Waals surface area contributed by atoms with Crippen LogP contribution in [0.4, 0.5) is 4.79 Å². The zero-order valence-corrected chi connectivity index (χ0v) is 50.8. The normalized spacial score (nSPS) is 11.4. The van der Waals surface area contributed by atoms with Gasteiger partial charge in [-0.2, -0.15) is 0 Å². The molecule has 0 unspecified atom stereocenters. The first-order valence-corrected chi connectivity index (χ1v) is 38.9. The molecule has 0 N–H and O–H groups in total. The van der Waals surface area contributed by atoms with Crippen molar-refractivity contribution in [1.82, 2.24) is 0 Å². The first-order valence-electron chi connectivity index (χ1n) is 26.4. The second-order valence-electron chi connectivity index (χ2n) is 20.9. The van der Waals surface area contributed by atoms with Crippen molar-refractivity contribution in [2.24, 2.45) is 0 Å². The van der Waals surface area contributed by atoms with Crippen molar-refractivity contribution in [3.8, 4) is 34.1 Å². The van der Waals surface area contributed by atoms with Gasteiger partial charge in [-0.05, 0) is 167 Å². The predicted molar refractivity (Wildman–Crippen MR) is 326 cm³/mol. The van der Waals surface area contributed by atoms with E-state index in [2.05, 4.69) is 66.2 Å². The summed E-state index contributed by atoms with van der Waals surface area (Å²) in [5, 5.41) is 0. The second-order valence-corrected chi connectivity index (χ2v) is 38.6. The van der Waals surface area contributed by atoms with E-state index in [0.29, 0.717) is 56.7 Å². The van der Waals surface area contributed by atoms with Crippen LogP contribution >= 0.6 is 0 Å². The van der Waals surface area contributed by atoms with Gasteiger partial charge in [0, 0.05) is 20.1 Å². The molecule has 0 amide bonds. The summed E-state index contributed by atoms with van der Waals surface area (Å²) in [6.07, 6.45) is 6.85. The van der Waals surface area contributed by atoms with E-state index in [1.54, 1.807) is 43.5 Å². The predicted octanol–water partition coefficient (Wildman–Crippen LogP) is 16.2. The van der Waals surface area contributed by atoms with Crippen molar-refractivity contribution in [2.75, 3.05) is 53.4 Å². The maximum Gasteiger partial charge on any atom is 0.513 e. The third-order valence-corrected chi connectivity index (χ3v) is 26.8. The van der Waals surface area contributed by atoms with Gasteiger partial charge in [-0.3, -0.25) is 4.79 Å². The number of methoxy groups -OCH3 is 1.